The number of nitrogens with zero attached hydrogens (tertiary/aromatic N) is 1. The Hall–Kier alpha value is -2.52. The summed E-state index contributed by atoms with van der Waals surface area (Å²) >= 11 is 0. The number of piperidine rings is 1. The number of hydrogen-bond donors (Lipinski definition) is 1. The summed E-state index contributed by atoms with van der Waals surface area (Å²) in [5.74, 6) is 1.42. The Morgan fingerprint density at radius 2 is 1.86 bits per heavy atom. The Labute approximate surface area is 169 Å². The molecule has 3 heterocycles. The van der Waals surface area contributed by atoms with Gasteiger partial charge in [-0.05, 0) is 37.1 Å². The molecule has 1 amide bonds. The molecule has 9 heteroatoms. The largest absolute Gasteiger partial charge is 0.490 e. The molecule has 0 radical (unpaired) electrons. The maximum absolute atomic E-state index is 13.0. The zero-order chi connectivity index (χ0) is 20.3. The molecule has 0 unspecified atom stereocenters. The highest BCUT2D eigenvalue weighted by Gasteiger charge is 2.32. The van der Waals surface area contributed by atoms with E-state index in [0.717, 1.165) is 6.42 Å². The third-order valence-corrected chi connectivity index (χ3v) is 7.09. The van der Waals surface area contributed by atoms with E-state index in [0.29, 0.717) is 62.9 Å². The highest BCUT2D eigenvalue weighted by Crippen LogP contribution is 2.33. The molecule has 1 saturated heterocycles. The predicted octanol–water partition coefficient (Wildman–Crippen LogP) is 2.16. The van der Waals surface area contributed by atoms with Crippen LogP contribution in [0, 0.1) is 5.92 Å². The van der Waals surface area contributed by atoms with E-state index in [1.165, 1.54) is 10.4 Å². The minimum Gasteiger partial charge on any atom is -0.490 e. The fourth-order valence-corrected chi connectivity index (χ4v) is 5.03. The average molecular weight is 420 g/mol. The molecule has 2 aromatic rings. The van der Waals surface area contributed by atoms with E-state index in [1.54, 1.807) is 30.5 Å². The second kappa shape index (κ2) is 8.46. The van der Waals surface area contributed by atoms with Crippen LogP contribution in [0.1, 0.15) is 25.0 Å². The third kappa shape index (κ3) is 4.40. The Morgan fingerprint density at radius 1 is 1.10 bits per heavy atom. The molecule has 2 aliphatic heterocycles. The molecule has 0 spiro atoms. The van der Waals surface area contributed by atoms with Crippen molar-refractivity contribution in [3.63, 3.8) is 0 Å². The minimum absolute atomic E-state index is 0.0750. The second-order valence-electron chi connectivity index (χ2n) is 7.13. The SMILES string of the molecule is O=C(NCc1ccco1)C1CCN(S(=O)(=O)c2ccc3c(c2)OCCCO3)CC1. The first kappa shape index (κ1) is 19.8. The van der Waals surface area contributed by atoms with Crippen molar-refractivity contribution >= 4 is 15.9 Å². The van der Waals surface area contributed by atoms with Crippen molar-refractivity contribution in [2.24, 2.45) is 5.92 Å². The number of sulfonamides is 1. The number of amides is 1. The molecule has 0 saturated carbocycles. The summed E-state index contributed by atoms with van der Waals surface area (Å²) in [6.45, 7) is 1.98. The summed E-state index contributed by atoms with van der Waals surface area (Å²) in [7, 11) is -3.65. The number of ether oxygens (including phenoxy) is 2. The number of nitrogens with one attached hydrogen (secondary N) is 1. The molecule has 0 bridgehead atoms. The van der Waals surface area contributed by atoms with Crippen molar-refractivity contribution in [3.05, 3.63) is 42.4 Å². The van der Waals surface area contributed by atoms with Crippen LogP contribution in [0.15, 0.2) is 45.9 Å². The molecule has 2 aliphatic rings. The van der Waals surface area contributed by atoms with Gasteiger partial charge in [-0.1, -0.05) is 0 Å². The zero-order valence-electron chi connectivity index (χ0n) is 16.0. The summed E-state index contributed by atoms with van der Waals surface area (Å²) in [4.78, 5) is 12.5. The molecule has 1 N–H and O–H groups in total. The van der Waals surface area contributed by atoms with Gasteiger partial charge in [0.1, 0.15) is 5.76 Å². The van der Waals surface area contributed by atoms with E-state index in [2.05, 4.69) is 5.32 Å². The molecule has 156 valence electrons. The number of benzene rings is 1. The van der Waals surface area contributed by atoms with E-state index in [9.17, 15) is 13.2 Å². The topological polar surface area (TPSA) is 98.1 Å². The number of fused-ring (bicyclic) bond motifs is 1. The fraction of sp³-hybridized carbons (Fsp3) is 0.450. The van der Waals surface area contributed by atoms with Gasteiger partial charge in [0, 0.05) is 31.5 Å². The van der Waals surface area contributed by atoms with Crippen LogP contribution in [0.4, 0.5) is 0 Å². The van der Waals surface area contributed by atoms with Gasteiger partial charge in [0.2, 0.25) is 15.9 Å². The lowest BCUT2D eigenvalue weighted by Gasteiger charge is -2.30. The first-order valence-electron chi connectivity index (χ1n) is 9.74. The normalized spacial score (nSPS) is 18.2. The molecular formula is C20H24N2O6S. The smallest absolute Gasteiger partial charge is 0.243 e. The summed E-state index contributed by atoms with van der Waals surface area (Å²) in [6.07, 6.45) is 3.28. The van der Waals surface area contributed by atoms with Gasteiger partial charge >= 0.3 is 0 Å². The van der Waals surface area contributed by atoms with Crippen LogP contribution >= 0.6 is 0 Å². The minimum atomic E-state index is -3.65. The van der Waals surface area contributed by atoms with Gasteiger partial charge in [0.25, 0.3) is 0 Å². The Kier molecular flexibility index (Phi) is 5.77. The highest BCUT2D eigenvalue weighted by atomic mass is 32.2. The van der Waals surface area contributed by atoms with E-state index in [1.807, 2.05) is 0 Å². The van der Waals surface area contributed by atoms with Crippen molar-refractivity contribution in [3.8, 4) is 11.5 Å². The van der Waals surface area contributed by atoms with Gasteiger partial charge in [-0.25, -0.2) is 8.42 Å². The lowest BCUT2D eigenvalue weighted by Crippen LogP contribution is -2.42. The number of hydrogen-bond acceptors (Lipinski definition) is 6. The van der Waals surface area contributed by atoms with Gasteiger partial charge < -0.3 is 19.2 Å². The van der Waals surface area contributed by atoms with Crippen LogP contribution in [-0.2, 0) is 21.4 Å². The van der Waals surface area contributed by atoms with Crippen LogP contribution in [0.5, 0.6) is 11.5 Å². The fourth-order valence-electron chi connectivity index (χ4n) is 3.54. The van der Waals surface area contributed by atoms with Crippen LogP contribution in [-0.4, -0.2) is 44.9 Å². The van der Waals surface area contributed by atoms with Crippen LogP contribution < -0.4 is 14.8 Å². The molecule has 4 rings (SSSR count). The van der Waals surface area contributed by atoms with Gasteiger partial charge in [-0.15, -0.1) is 0 Å². The maximum Gasteiger partial charge on any atom is 0.243 e. The molecule has 1 aromatic carbocycles. The Morgan fingerprint density at radius 3 is 2.59 bits per heavy atom. The number of carbonyl (C=O) groups is 1. The second-order valence-corrected chi connectivity index (χ2v) is 9.07. The third-order valence-electron chi connectivity index (χ3n) is 5.20. The molecule has 0 aliphatic carbocycles. The average Bonchev–Trinajstić information content (AvgIpc) is 3.15. The van der Waals surface area contributed by atoms with Crippen molar-refractivity contribution in [2.45, 2.75) is 30.7 Å². The lowest BCUT2D eigenvalue weighted by molar-refractivity contribution is -0.126. The summed E-state index contributed by atoms with van der Waals surface area (Å²) in [5, 5.41) is 2.85. The van der Waals surface area contributed by atoms with Crippen LogP contribution in [0.25, 0.3) is 0 Å². The van der Waals surface area contributed by atoms with E-state index >= 15 is 0 Å². The first-order chi connectivity index (χ1) is 14.0. The number of carbonyl (C=O) groups excluding carboxylic acids is 1. The van der Waals surface area contributed by atoms with Gasteiger partial charge in [0.15, 0.2) is 11.5 Å². The Bertz CT molecular complexity index is 949. The van der Waals surface area contributed by atoms with Gasteiger partial charge in [-0.3, -0.25) is 4.79 Å². The molecular weight excluding hydrogens is 396 g/mol. The Balaban J connectivity index is 1.37. The van der Waals surface area contributed by atoms with Crippen molar-refractivity contribution in [2.75, 3.05) is 26.3 Å². The molecule has 1 fully saturated rings. The quantitative estimate of drug-likeness (QED) is 0.796. The maximum atomic E-state index is 13.0. The van der Waals surface area contributed by atoms with Crippen LogP contribution in [0.3, 0.4) is 0 Å². The van der Waals surface area contributed by atoms with Crippen molar-refractivity contribution in [1.82, 2.24) is 9.62 Å². The van der Waals surface area contributed by atoms with Crippen LogP contribution in [0.2, 0.25) is 0 Å². The summed E-state index contributed by atoms with van der Waals surface area (Å²) in [6, 6.07) is 8.28. The summed E-state index contributed by atoms with van der Waals surface area (Å²) in [5.41, 5.74) is 0. The number of furan rings is 1. The van der Waals surface area contributed by atoms with Gasteiger partial charge in [0.05, 0.1) is 30.9 Å². The lowest BCUT2D eigenvalue weighted by atomic mass is 9.97. The monoisotopic (exact) mass is 420 g/mol. The van der Waals surface area contributed by atoms with E-state index in [-0.39, 0.29) is 16.7 Å². The standard InChI is InChI=1S/C20H24N2O6S/c23-20(21-14-16-3-1-10-26-16)15-6-8-22(9-7-15)29(24,25)17-4-5-18-19(13-17)28-12-2-11-27-18/h1,3-5,10,13,15H,2,6-9,11-12,14H2,(H,21,23). The molecule has 0 atom stereocenters. The first-order valence-corrected chi connectivity index (χ1v) is 11.2. The number of rotatable bonds is 5. The van der Waals surface area contributed by atoms with E-state index in [4.69, 9.17) is 13.9 Å². The molecule has 29 heavy (non-hydrogen) atoms. The molecule has 1 aromatic heterocycles. The van der Waals surface area contributed by atoms with E-state index < -0.39 is 10.0 Å². The van der Waals surface area contributed by atoms with Crippen molar-refractivity contribution < 1.29 is 27.1 Å². The zero-order valence-corrected chi connectivity index (χ0v) is 16.8. The van der Waals surface area contributed by atoms with Gasteiger partial charge in [-0.2, -0.15) is 4.31 Å². The summed E-state index contributed by atoms with van der Waals surface area (Å²) < 4.78 is 43.9. The highest BCUT2D eigenvalue weighted by molar-refractivity contribution is 7.89. The predicted molar refractivity (Wildman–Crippen MR) is 104 cm³/mol. The molecule has 8 nitrogen and oxygen atoms in total. The van der Waals surface area contributed by atoms with Crippen molar-refractivity contribution in [1.29, 1.82) is 0 Å².